The number of fused-ring (bicyclic) bond motifs is 1. The van der Waals surface area contributed by atoms with Gasteiger partial charge in [-0.3, -0.25) is 9.78 Å². The first kappa shape index (κ1) is 24.9. The highest BCUT2D eigenvalue weighted by Gasteiger charge is 2.55. The number of rotatable bonds is 6. The molecule has 5 nitrogen and oxygen atoms in total. The molecule has 1 aromatic heterocycles. The summed E-state index contributed by atoms with van der Waals surface area (Å²) in [6.45, 7) is 2.62. The van der Waals surface area contributed by atoms with Gasteiger partial charge in [0.15, 0.2) is 6.04 Å². The lowest BCUT2D eigenvalue weighted by molar-refractivity contribution is -0.190. The van der Waals surface area contributed by atoms with Gasteiger partial charge in [-0.1, -0.05) is 17.7 Å². The van der Waals surface area contributed by atoms with Crippen molar-refractivity contribution in [3.63, 3.8) is 0 Å². The molecule has 1 N–H and O–H groups in total. The number of amides is 1. The second kappa shape index (κ2) is 9.12. The van der Waals surface area contributed by atoms with E-state index in [0.717, 1.165) is 30.0 Å². The Kier molecular flexibility index (Phi) is 6.14. The number of nitrogens with zero attached hydrogens (tertiary/aromatic N) is 3. The lowest BCUT2D eigenvalue weighted by Gasteiger charge is -2.31. The molecule has 3 heterocycles. The first-order valence-electron chi connectivity index (χ1n) is 12.9. The smallest absolute Gasteiger partial charge is 0.380 e. The van der Waals surface area contributed by atoms with Crippen molar-refractivity contribution < 1.29 is 22.4 Å². The number of benzene rings is 1. The van der Waals surface area contributed by atoms with Gasteiger partial charge >= 0.3 is 6.18 Å². The lowest BCUT2D eigenvalue weighted by atomic mass is 9.86. The van der Waals surface area contributed by atoms with Gasteiger partial charge < -0.3 is 15.1 Å². The van der Waals surface area contributed by atoms with E-state index in [1.165, 1.54) is 31.2 Å². The van der Waals surface area contributed by atoms with E-state index in [9.17, 15) is 22.4 Å². The number of likely N-dealkylation sites (tertiary alicyclic amines) is 2. The second-order valence-corrected chi connectivity index (χ2v) is 11.7. The van der Waals surface area contributed by atoms with E-state index in [2.05, 4.69) is 15.2 Å². The van der Waals surface area contributed by atoms with Crippen LogP contribution < -0.4 is 5.32 Å². The third-order valence-corrected chi connectivity index (χ3v) is 8.64. The zero-order valence-electron chi connectivity index (χ0n) is 20.3. The van der Waals surface area contributed by atoms with Crippen molar-refractivity contribution in [3.8, 4) is 0 Å². The standard InChI is InChI=1S/C27H29ClF4N4O/c28-21-5-3-17-9-19(10-20(17)24(21)29)34-18-4-6-22(33-12-18)25(27(30,31)32)36-15-26(11-23(36)37)7-8-35(14-26)13-16-1-2-16/h3-6,12,16,19,25,34H,1-2,7-11,13-15H2. The van der Waals surface area contributed by atoms with Crippen LogP contribution in [0.3, 0.4) is 0 Å². The minimum Gasteiger partial charge on any atom is -0.380 e. The quantitative estimate of drug-likeness (QED) is 0.503. The molecule has 0 bridgehead atoms. The van der Waals surface area contributed by atoms with Gasteiger partial charge in [0.05, 0.1) is 22.6 Å². The average molecular weight is 537 g/mol. The number of anilines is 1. The minimum atomic E-state index is -4.64. The molecule has 2 aromatic rings. The Morgan fingerprint density at radius 1 is 1.16 bits per heavy atom. The Morgan fingerprint density at radius 2 is 1.97 bits per heavy atom. The highest BCUT2D eigenvalue weighted by Crippen LogP contribution is 2.47. The highest BCUT2D eigenvalue weighted by atomic mass is 35.5. The Bertz CT molecular complexity index is 1200. The number of alkyl halides is 3. The van der Waals surface area contributed by atoms with Crippen LogP contribution in [0.4, 0.5) is 23.2 Å². The van der Waals surface area contributed by atoms with Gasteiger partial charge in [-0.15, -0.1) is 0 Å². The number of aromatic nitrogens is 1. The summed E-state index contributed by atoms with van der Waals surface area (Å²) in [5.41, 5.74) is 1.38. The van der Waals surface area contributed by atoms with Crippen molar-refractivity contribution in [1.82, 2.24) is 14.8 Å². The maximum Gasteiger partial charge on any atom is 0.414 e. The minimum absolute atomic E-state index is 0.0788. The van der Waals surface area contributed by atoms with Crippen molar-refractivity contribution in [2.24, 2.45) is 11.3 Å². The average Bonchev–Trinajstić information content (AvgIpc) is 3.29. The predicted molar refractivity (Wildman–Crippen MR) is 132 cm³/mol. The summed E-state index contributed by atoms with van der Waals surface area (Å²) in [5, 5.41) is 3.32. The summed E-state index contributed by atoms with van der Waals surface area (Å²) in [6, 6.07) is 4.04. The maximum absolute atomic E-state index is 14.3. The van der Waals surface area contributed by atoms with E-state index in [1.54, 1.807) is 12.1 Å². The van der Waals surface area contributed by atoms with E-state index < -0.39 is 29.4 Å². The molecule has 0 radical (unpaired) electrons. The highest BCUT2D eigenvalue weighted by molar-refractivity contribution is 6.30. The maximum atomic E-state index is 14.3. The summed E-state index contributed by atoms with van der Waals surface area (Å²) < 4.78 is 57.2. The molecule has 10 heteroatoms. The van der Waals surface area contributed by atoms with Crippen LogP contribution in [0.25, 0.3) is 0 Å². The van der Waals surface area contributed by atoms with E-state index in [1.807, 2.05) is 0 Å². The fourth-order valence-electron chi connectivity index (χ4n) is 6.41. The first-order chi connectivity index (χ1) is 17.6. The molecule has 37 heavy (non-hydrogen) atoms. The molecule has 198 valence electrons. The molecule has 2 saturated heterocycles. The number of halogens is 5. The van der Waals surface area contributed by atoms with Crippen molar-refractivity contribution in [2.75, 3.05) is 31.5 Å². The van der Waals surface area contributed by atoms with Gasteiger partial charge in [0.2, 0.25) is 5.91 Å². The third kappa shape index (κ3) is 4.92. The van der Waals surface area contributed by atoms with Crippen LogP contribution in [0, 0.1) is 17.2 Å². The van der Waals surface area contributed by atoms with Crippen molar-refractivity contribution in [2.45, 2.75) is 56.8 Å². The van der Waals surface area contributed by atoms with Gasteiger partial charge in [-0.25, -0.2) is 4.39 Å². The summed E-state index contributed by atoms with van der Waals surface area (Å²) >= 11 is 5.89. The van der Waals surface area contributed by atoms with Crippen LogP contribution in [-0.2, 0) is 17.6 Å². The Balaban J connectivity index is 1.15. The third-order valence-electron chi connectivity index (χ3n) is 8.35. The fraction of sp³-hybridized carbons (Fsp3) is 0.556. The van der Waals surface area contributed by atoms with Gasteiger partial charge in [-0.05, 0) is 73.9 Å². The number of hydrogen-bond acceptors (Lipinski definition) is 4. The summed E-state index contributed by atoms with van der Waals surface area (Å²) in [5.74, 6) is -0.169. The van der Waals surface area contributed by atoms with Crippen LogP contribution >= 0.6 is 11.6 Å². The number of nitrogens with one attached hydrogen (secondary N) is 1. The zero-order chi connectivity index (χ0) is 25.9. The number of carbonyl (C=O) groups excluding carboxylic acids is 1. The van der Waals surface area contributed by atoms with Gasteiger partial charge in [0.25, 0.3) is 0 Å². The molecule has 1 aromatic carbocycles. The van der Waals surface area contributed by atoms with E-state index in [-0.39, 0.29) is 29.7 Å². The summed E-state index contributed by atoms with van der Waals surface area (Å²) in [4.78, 5) is 20.4. The topological polar surface area (TPSA) is 48.5 Å². The lowest BCUT2D eigenvalue weighted by Crippen LogP contribution is -2.41. The molecule has 4 aliphatic rings. The molecule has 1 amide bonds. The molecule has 1 spiro atoms. The molecular formula is C27H29ClF4N4O. The van der Waals surface area contributed by atoms with Crippen LogP contribution in [0.15, 0.2) is 30.5 Å². The van der Waals surface area contributed by atoms with E-state index in [0.29, 0.717) is 36.6 Å². The molecule has 3 atom stereocenters. The summed E-state index contributed by atoms with van der Waals surface area (Å²) in [7, 11) is 0. The second-order valence-electron chi connectivity index (χ2n) is 11.3. The SMILES string of the molecule is O=C1CC2(CCN(CC3CC3)C2)CN1C(c1ccc(NC2Cc3ccc(Cl)c(F)c3C2)cn1)C(F)(F)F. The van der Waals surface area contributed by atoms with Gasteiger partial charge in [0, 0.05) is 37.5 Å². The molecule has 2 aliphatic carbocycles. The predicted octanol–water partition coefficient (Wildman–Crippen LogP) is 5.39. The normalized spacial score (nSPS) is 26.8. The molecule has 2 aliphatic heterocycles. The summed E-state index contributed by atoms with van der Waals surface area (Å²) in [6.07, 6.45) is 1.08. The molecule has 1 saturated carbocycles. The Hall–Kier alpha value is -2.39. The van der Waals surface area contributed by atoms with Crippen LogP contribution in [0.2, 0.25) is 5.02 Å². The van der Waals surface area contributed by atoms with E-state index >= 15 is 0 Å². The van der Waals surface area contributed by atoms with Crippen LogP contribution in [0.5, 0.6) is 0 Å². The molecule has 3 fully saturated rings. The molecule has 3 unspecified atom stereocenters. The number of hydrogen-bond donors (Lipinski definition) is 1. The van der Waals surface area contributed by atoms with E-state index in [4.69, 9.17) is 11.6 Å². The van der Waals surface area contributed by atoms with Crippen LogP contribution in [-0.4, -0.2) is 59.1 Å². The molecule has 6 rings (SSSR count). The molecular weight excluding hydrogens is 508 g/mol. The van der Waals surface area contributed by atoms with Crippen molar-refractivity contribution in [1.29, 1.82) is 0 Å². The zero-order valence-corrected chi connectivity index (χ0v) is 21.1. The number of pyridine rings is 1. The van der Waals surface area contributed by atoms with Gasteiger partial charge in [-0.2, -0.15) is 13.2 Å². The van der Waals surface area contributed by atoms with Crippen LogP contribution in [0.1, 0.15) is 48.5 Å². The van der Waals surface area contributed by atoms with Crippen molar-refractivity contribution >= 4 is 23.2 Å². The number of carbonyl (C=O) groups is 1. The first-order valence-corrected chi connectivity index (χ1v) is 13.2. The Morgan fingerprint density at radius 3 is 2.68 bits per heavy atom. The van der Waals surface area contributed by atoms with Gasteiger partial charge in [0.1, 0.15) is 5.82 Å². The monoisotopic (exact) mass is 536 g/mol. The van der Waals surface area contributed by atoms with Crippen molar-refractivity contribution in [3.05, 3.63) is 58.1 Å². The Labute approximate surface area is 218 Å². The largest absolute Gasteiger partial charge is 0.414 e. The fourth-order valence-corrected chi connectivity index (χ4v) is 6.59.